The Bertz CT molecular complexity index is 429. The maximum absolute atomic E-state index is 11.4. The minimum absolute atomic E-state index is 0.154. The Labute approximate surface area is 116 Å². The molecule has 0 spiro atoms. The van der Waals surface area contributed by atoms with Crippen molar-refractivity contribution < 1.29 is 23.9 Å². The highest BCUT2D eigenvalue weighted by Crippen LogP contribution is 2.14. The van der Waals surface area contributed by atoms with Gasteiger partial charge in [-0.25, -0.2) is 9.59 Å². The molecule has 0 aromatic carbocycles. The molecule has 2 fully saturated rings. The Kier molecular flexibility index (Phi) is 4.39. The zero-order valence-corrected chi connectivity index (χ0v) is 10.9. The highest BCUT2D eigenvalue weighted by molar-refractivity contribution is 5.92. The van der Waals surface area contributed by atoms with Crippen LogP contribution in [0.5, 0.6) is 0 Å². The third-order valence-corrected chi connectivity index (χ3v) is 2.90. The quantitative estimate of drug-likeness (QED) is 0.560. The summed E-state index contributed by atoms with van der Waals surface area (Å²) in [5.41, 5.74) is 0.822. The van der Waals surface area contributed by atoms with Crippen LogP contribution in [-0.4, -0.2) is 30.3 Å². The highest BCUT2D eigenvalue weighted by Gasteiger charge is 2.23. The van der Waals surface area contributed by atoms with Crippen LogP contribution in [0.3, 0.4) is 0 Å². The second-order valence-corrected chi connectivity index (χ2v) is 4.58. The summed E-state index contributed by atoms with van der Waals surface area (Å²) in [5.74, 6) is -1.48. The lowest BCUT2D eigenvalue weighted by molar-refractivity contribution is -0.146. The van der Waals surface area contributed by atoms with Crippen molar-refractivity contribution >= 4 is 17.8 Å². The Morgan fingerprint density at radius 1 is 1.05 bits per heavy atom. The van der Waals surface area contributed by atoms with Crippen molar-refractivity contribution in [2.24, 2.45) is 0 Å². The van der Waals surface area contributed by atoms with Gasteiger partial charge in [0.1, 0.15) is 0 Å². The first-order chi connectivity index (χ1) is 9.52. The molecule has 20 heavy (non-hydrogen) atoms. The smallest absolute Gasteiger partial charge is 0.332 e. The molecule has 1 amide bonds. The van der Waals surface area contributed by atoms with Crippen LogP contribution in [0.15, 0.2) is 24.4 Å². The maximum atomic E-state index is 11.4. The van der Waals surface area contributed by atoms with Gasteiger partial charge in [-0.1, -0.05) is 6.58 Å². The number of hydrogen-bond acceptors (Lipinski definition) is 6. The summed E-state index contributed by atoms with van der Waals surface area (Å²) in [6.07, 6.45) is 3.17. The van der Waals surface area contributed by atoms with E-state index in [1.165, 1.54) is 0 Å². The van der Waals surface area contributed by atoms with E-state index in [-0.39, 0.29) is 5.91 Å². The van der Waals surface area contributed by atoms with E-state index in [1.807, 2.05) is 0 Å². The maximum Gasteiger partial charge on any atom is 0.332 e. The van der Waals surface area contributed by atoms with Gasteiger partial charge < -0.3 is 20.1 Å². The van der Waals surface area contributed by atoms with Crippen LogP contribution >= 0.6 is 0 Å². The van der Waals surface area contributed by atoms with Crippen LogP contribution in [0.2, 0.25) is 0 Å². The Balaban J connectivity index is 1.71. The van der Waals surface area contributed by atoms with E-state index < -0.39 is 24.4 Å². The summed E-state index contributed by atoms with van der Waals surface area (Å²) < 4.78 is 9.97. The molecule has 108 valence electrons. The normalized spacial score (nSPS) is 25.4. The van der Waals surface area contributed by atoms with E-state index in [1.54, 1.807) is 0 Å². The molecule has 0 aromatic heterocycles. The van der Waals surface area contributed by atoms with Crippen LogP contribution in [-0.2, 0) is 23.9 Å². The van der Waals surface area contributed by atoms with E-state index in [0.717, 1.165) is 24.3 Å². The van der Waals surface area contributed by atoms with Crippen LogP contribution in [0.4, 0.5) is 0 Å². The Morgan fingerprint density at radius 3 is 2.05 bits per heavy atom. The van der Waals surface area contributed by atoms with Gasteiger partial charge in [-0.3, -0.25) is 4.79 Å². The fraction of sp³-hybridized carbons (Fsp3) is 0.462. The van der Waals surface area contributed by atoms with Gasteiger partial charge in [0.05, 0.1) is 0 Å². The van der Waals surface area contributed by atoms with Crippen LogP contribution in [0.1, 0.15) is 25.7 Å². The Hall–Kier alpha value is -2.31. The van der Waals surface area contributed by atoms with E-state index in [9.17, 15) is 14.4 Å². The van der Waals surface area contributed by atoms with Crippen LogP contribution in [0.25, 0.3) is 0 Å². The van der Waals surface area contributed by atoms with Crippen molar-refractivity contribution in [3.05, 3.63) is 24.4 Å². The standard InChI is InChI=1S/C13H16N2O5/c1-8-2-4-10(14-8)19-12(17)6-7-13(18)20-11-5-3-9(16)15-11/h6-7,10-11,14H,1-5H2,(H,15,16)/b7-6+. The first-order valence-electron chi connectivity index (χ1n) is 6.36. The van der Waals surface area contributed by atoms with Gasteiger partial charge in [-0.2, -0.15) is 0 Å². The molecule has 2 saturated heterocycles. The summed E-state index contributed by atoms with van der Waals surface area (Å²) in [6, 6.07) is 0. The minimum Gasteiger partial charge on any atom is -0.439 e. The summed E-state index contributed by atoms with van der Waals surface area (Å²) >= 11 is 0. The van der Waals surface area contributed by atoms with Crippen molar-refractivity contribution in [2.45, 2.75) is 38.1 Å². The number of carbonyl (C=O) groups excluding carboxylic acids is 3. The molecule has 2 aliphatic heterocycles. The first kappa shape index (κ1) is 14.1. The van der Waals surface area contributed by atoms with Gasteiger partial charge in [0.2, 0.25) is 5.91 Å². The Morgan fingerprint density at radius 2 is 1.60 bits per heavy atom. The average molecular weight is 280 g/mol. The van der Waals surface area contributed by atoms with Crippen molar-refractivity contribution in [2.75, 3.05) is 0 Å². The van der Waals surface area contributed by atoms with E-state index in [4.69, 9.17) is 9.47 Å². The number of amides is 1. The van der Waals surface area contributed by atoms with Gasteiger partial charge in [0.15, 0.2) is 12.5 Å². The second-order valence-electron chi connectivity index (χ2n) is 4.58. The average Bonchev–Trinajstić information content (AvgIpc) is 2.96. The number of ether oxygens (including phenoxy) is 2. The molecule has 2 rings (SSSR count). The number of allylic oxidation sites excluding steroid dienone is 1. The molecule has 0 aliphatic carbocycles. The zero-order valence-electron chi connectivity index (χ0n) is 10.9. The molecule has 0 saturated carbocycles. The van der Waals surface area contributed by atoms with Gasteiger partial charge in [-0.05, 0) is 6.42 Å². The molecular formula is C13H16N2O5. The molecule has 0 radical (unpaired) electrons. The first-order valence-corrected chi connectivity index (χ1v) is 6.36. The molecule has 0 aromatic rings. The highest BCUT2D eigenvalue weighted by atomic mass is 16.6. The van der Waals surface area contributed by atoms with Crippen molar-refractivity contribution in [1.82, 2.24) is 10.6 Å². The van der Waals surface area contributed by atoms with Gasteiger partial charge in [0, 0.05) is 37.1 Å². The van der Waals surface area contributed by atoms with Gasteiger partial charge >= 0.3 is 11.9 Å². The molecule has 2 aliphatic rings. The topological polar surface area (TPSA) is 93.7 Å². The predicted octanol–water partition coefficient (Wildman–Crippen LogP) is 0.0883. The number of esters is 2. The van der Waals surface area contributed by atoms with Crippen molar-refractivity contribution in [1.29, 1.82) is 0 Å². The summed E-state index contributed by atoms with van der Waals surface area (Å²) in [5, 5.41) is 5.39. The molecule has 2 N–H and O–H groups in total. The second kappa shape index (κ2) is 6.23. The lowest BCUT2D eigenvalue weighted by Gasteiger charge is -2.11. The van der Waals surface area contributed by atoms with E-state index in [2.05, 4.69) is 17.2 Å². The number of rotatable bonds is 4. The molecule has 7 heteroatoms. The van der Waals surface area contributed by atoms with Crippen LogP contribution in [0, 0.1) is 0 Å². The lowest BCUT2D eigenvalue weighted by Crippen LogP contribution is -2.29. The SMILES string of the molecule is C=C1CCC(OC(=O)/C=C/C(=O)OC2CCC(=O)N2)N1. The molecule has 2 unspecified atom stereocenters. The minimum atomic E-state index is -0.696. The van der Waals surface area contributed by atoms with E-state index in [0.29, 0.717) is 19.3 Å². The molecule has 7 nitrogen and oxygen atoms in total. The molecular weight excluding hydrogens is 264 g/mol. The summed E-state index contributed by atoms with van der Waals surface area (Å²) in [7, 11) is 0. The fourth-order valence-corrected chi connectivity index (χ4v) is 1.94. The monoisotopic (exact) mass is 280 g/mol. The largest absolute Gasteiger partial charge is 0.439 e. The third-order valence-electron chi connectivity index (χ3n) is 2.90. The summed E-state index contributed by atoms with van der Waals surface area (Å²) in [6.45, 7) is 3.72. The van der Waals surface area contributed by atoms with E-state index >= 15 is 0 Å². The third kappa shape index (κ3) is 4.11. The van der Waals surface area contributed by atoms with Gasteiger partial charge in [-0.15, -0.1) is 0 Å². The predicted molar refractivity (Wildman–Crippen MR) is 67.8 cm³/mol. The lowest BCUT2D eigenvalue weighted by atomic mass is 10.3. The molecule has 2 heterocycles. The number of nitrogens with one attached hydrogen (secondary N) is 2. The number of hydrogen-bond donors (Lipinski definition) is 2. The number of carbonyl (C=O) groups is 3. The van der Waals surface area contributed by atoms with Crippen molar-refractivity contribution in [3.63, 3.8) is 0 Å². The van der Waals surface area contributed by atoms with Crippen molar-refractivity contribution in [3.8, 4) is 0 Å². The summed E-state index contributed by atoms with van der Waals surface area (Å²) in [4.78, 5) is 33.8. The molecule has 0 bridgehead atoms. The molecule has 2 atom stereocenters. The fourth-order valence-electron chi connectivity index (χ4n) is 1.94. The van der Waals surface area contributed by atoms with Gasteiger partial charge in [0.25, 0.3) is 0 Å². The van der Waals surface area contributed by atoms with Crippen LogP contribution < -0.4 is 10.6 Å². The zero-order chi connectivity index (χ0) is 14.5.